The van der Waals surface area contributed by atoms with E-state index in [4.69, 9.17) is 4.52 Å². The van der Waals surface area contributed by atoms with Crippen molar-refractivity contribution in [2.75, 3.05) is 17.2 Å². The van der Waals surface area contributed by atoms with Gasteiger partial charge in [0.2, 0.25) is 0 Å². The maximum atomic E-state index is 12.1. The summed E-state index contributed by atoms with van der Waals surface area (Å²) in [5.41, 5.74) is 1.49. The Balaban J connectivity index is 1.55. The fraction of sp³-hybridized carbons (Fsp3) is 0.235. The van der Waals surface area contributed by atoms with Gasteiger partial charge in [0, 0.05) is 29.9 Å². The van der Waals surface area contributed by atoms with Gasteiger partial charge in [-0.2, -0.15) is 0 Å². The van der Waals surface area contributed by atoms with Crippen LogP contribution in [0.1, 0.15) is 35.0 Å². The molecule has 1 aliphatic rings. The molecule has 0 bridgehead atoms. The van der Waals surface area contributed by atoms with Gasteiger partial charge in [-0.15, -0.1) is 6.58 Å². The summed E-state index contributed by atoms with van der Waals surface area (Å²) in [6.07, 6.45) is 3.77. The van der Waals surface area contributed by atoms with E-state index >= 15 is 0 Å². The second-order valence-corrected chi connectivity index (χ2v) is 5.54. The highest BCUT2D eigenvalue weighted by Crippen LogP contribution is 2.40. The molecule has 2 aromatic rings. The molecule has 3 N–H and O–H groups in total. The molecule has 0 atom stereocenters. The van der Waals surface area contributed by atoms with Gasteiger partial charge in [0.1, 0.15) is 5.76 Å². The van der Waals surface area contributed by atoms with Gasteiger partial charge in [-0.1, -0.05) is 11.2 Å². The monoisotopic (exact) mass is 326 g/mol. The second-order valence-electron chi connectivity index (χ2n) is 5.54. The number of nitrogens with zero attached hydrogens (tertiary/aromatic N) is 1. The number of amides is 3. The molecule has 7 heteroatoms. The van der Waals surface area contributed by atoms with E-state index < -0.39 is 0 Å². The molecule has 7 nitrogen and oxygen atoms in total. The molecule has 1 aromatic carbocycles. The van der Waals surface area contributed by atoms with Crippen molar-refractivity contribution in [2.45, 2.75) is 18.8 Å². The van der Waals surface area contributed by atoms with Crippen molar-refractivity contribution in [1.29, 1.82) is 0 Å². The zero-order valence-corrected chi connectivity index (χ0v) is 13.0. The van der Waals surface area contributed by atoms with Crippen LogP contribution in [0, 0.1) is 0 Å². The number of anilines is 2. The summed E-state index contributed by atoms with van der Waals surface area (Å²) in [5, 5.41) is 11.8. The van der Waals surface area contributed by atoms with Gasteiger partial charge >= 0.3 is 6.03 Å². The first-order valence-electron chi connectivity index (χ1n) is 7.69. The molecular weight excluding hydrogens is 308 g/mol. The van der Waals surface area contributed by atoms with Crippen molar-refractivity contribution >= 4 is 23.3 Å². The van der Waals surface area contributed by atoms with Crippen LogP contribution in [0.2, 0.25) is 0 Å². The summed E-state index contributed by atoms with van der Waals surface area (Å²) in [6.45, 7) is 3.91. The number of carbonyl (C=O) groups is 2. The molecule has 0 unspecified atom stereocenters. The summed E-state index contributed by atoms with van der Waals surface area (Å²) in [6, 6.07) is 8.16. The van der Waals surface area contributed by atoms with Crippen LogP contribution in [0.4, 0.5) is 16.2 Å². The minimum atomic E-state index is -0.324. The van der Waals surface area contributed by atoms with Gasteiger partial charge in [0.15, 0.2) is 5.69 Å². The fourth-order valence-corrected chi connectivity index (χ4v) is 2.13. The van der Waals surface area contributed by atoms with Crippen LogP contribution < -0.4 is 16.0 Å². The van der Waals surface area contributed by atoms with E-state index in [1.807, 2.05) is 0 Å². The van der Waals surface area contributed by atoms with E-state index in [-0.39, 0.29) is 17.6 Å². The zero-order valence-electron chi connectivity index (χ0n) is 13.0. The maximum absolute atomic E-state index is 12.1. The highest BCUT2D eigenvalue weighted by atomic mass is 16.5. The van der Waals surface area contributed by atoms with Crippen molar-refractivity contribution < 1.29 is 14.1 Å². The number of rotatable bonds is 6. The lowest BCUT2D eigenvalue weighted by molar-refractivity contribution is 0.101. The first kappa shape index (κ1) is 15.8. The van der Waals surface area contributed by atoms with Gasteiger partial charge in [-0.25, -0.2) is 4.79 Å². The first-order valence-corrected chi connectivity index (χ1v) is 7.69. The molecule has 0 aliphatic heterocycles. The second kappa shape index (κ2) is 6.99. The Labute approximate surface area is 139 Å². The van der Waals surface area contributed by atoms with E-state index in [9.17, 15) is 9.59 Å². The van der Waals surface area contributed by atoms with E-state index in [0.717, 1.165) is 18.6 Å². The Hall–Kier alpha value is -3.09. The van der Waals surface area contributed by atoms with Crippen molar-refractivity contribution in [3.63, 3.8) is 0 Å². The van der Waals surface area contributed by atoms with Crippen LogP contribution in [-0.4, -0.2) is 23.6 Å². The molecular formula is C17H18N4O3. The first-order chi connectivity index (χ1) is 11.7. The SMILES string of the molecule is C=CCNC(=O)Nc1ccc(NC(=O)c2cc(C3CC3)on2)cc1. The van der Waals surface area contributed by atoms with E-state index in [2.05, 4.69) is 27.7 Å². The van der Waals surface area contributed by atoms with Crippen molar-refractivity contribution in [2.24, 2.45) is 0 Å². The van der Waals surface area contributed by atoms with Crippen LogP contribution in [0.5, 0.6) is 0 Å². The Kier molecular flexibility index (Phi) is 4.60. The summed E-state index contributed by atoms with van der Waals surface area (Å²) < 4.78 is 5.17. The number of aromatic nitrogens is 1. The fourth-order valence-electron chi connectivity index (χ4n) is 2.13. The number of nitrogens with one attached hydrogen (secondary N) is 3. The molecule has 0 radical (unpaired) electrons. The highest BCUT2D eigenvalue weighted by Gasteiger charge is 2.28. The predicted octanol–water partition coefficient (Wildman–Crippen LogP) is 3.11. The van der Waals surface area contributed by atoms with Gasteiger partial charge in [-0.05, 0) is 37.1 Å². The predicted molar refractivity (Wildman–Crippen MR) is 90.1 cm³/mol. The summed E-state index contributed by atoms with van der Waals surface area (Å²) in [4.78, 5) is 23.7. The highest BCUT2D eigenvalue weighted by molar-refractivity contribution is 6.03. The van der Waals surface area contributed by atoms with E-state index in [1.165, 1.54) is 0 Å². The summed E-state index contributed by atoms with van der Waals surface area (Å²) in [7, 11) is 0. The number of hydrogen-bond acceptors (Lipinski definition) is 4. The maximum Gasteiger partial charge on any atom is 0.319 e. The summed E-state index contributed by atoms with van der Waals surface area (Å²) in [5.74, 6) is 0.858. The lowest BCUT2D eigenvalue weighted by Crippen LogP contribution is -2.28. The molecule has 24 heavy (non-hydrogen) atoms. The van der Waals surface area contributed by atoms with Crippen LogP contribution in [0.15, 0.2) is 47.5 Å². The average molecular weight is 326 g/mol. The Morgan fingerprint density at radius 3 is 2.50 bits per heavy atom. The minimum Gasteiger partial charge on any atom is -0.360 e. The number of urea groups is 1. The molecule has 124 valence electrons. The van der Waals surface area contributed by atoms with Crippen LogP contribution in [0.3, 0.4) is 0 Å². The molecule has 1 aromatic heterocycles. The van der Waals surface area contributed by atoms with Crippen molar-refractivity contribution in [3.8, 4) is 0 Å². The lowest BCUT2D eigenvalue weighted by atomic mass is 10.2. The smallest absolute Gasteiger partial charge is 0.319 e. The Bertz CT molecular complexity index is 747. The normalized spacial score (nSPS) is 13.2. The number of benzene rings is 1. The third-order valence-corrected chi connectivity index (χ3v) is 3.55. The molecule has 0 spiro atoms. The molecule has 0 saturated heterocycles. The molecule has 1 heterocycles. The Morgan fingerprint density at radius 1 is 1.21 bits per heavy atom. The number of hydrogen-bond donors (Lipinski definition) is 3. The van der Waals surface area contributed by atoms with Crippen LogP contribution in [-0.2, 0) is 0 Å². The van der Waals surface area contributed by atoms with Crippen LogP contribution in [0.25, 0.3) is 0 Å². The largest absolute Gasteiger partial charge is 0.360 e. The lowest BCUT2D eigenvalue weighted by Gasteiger charge is -2.07. The van der Waals surface area contributed by atoms with Crippen molar-refractivity contribution in [1.82, 2.24) is 10.5 Å². The van der Waals surface area contributed by atoms with E-state index in [0.29, 0.717) is 23.8 Å². The average Bonchev–Trinajstić information content (AvgIpc) is 3.31. The molecule has 3 amide bonds. The van der Waals surface area contributed by atoms with Gasteiger partial charge < -0.3 is 20.5 Å². The zero-order chi connectivity index (χ0) is 16.9. The summed E-state index contributed by atoms with van der Waals surface area (Å²) >= 11 is 0. The quantitative estimate of drug-likeness (QED) is 0.711. The van der Waals surface area contributed by atoms with Crippen molar-refractivity contribution in [3.05, 3.63) is 54.4 Å². The standard InChI is InChI=1S/C17H18N4O3/c1-2-9-18-17(23)20-13-7-5-12(6-8-13)19-16(22)14-10-15(24-21-14)11-3-4-11/h2,5-8,10-11H,1,3-4,9H2,(H,19,22)(H2,18,20,23). The third kappa shape index (κ3) is 4.01. The van der Waals surface area contributed by atoms with Gasteiger partial charge in [-0.3, -0.25) is 4.79 Å². The van der Waals surface area contributed by atoms with Gasteiger partial charge in [0.05, 0.1) is 0 Å². The topological polar surface area (TPSA) is 96.3 Å². The molecule has 1 fully saturated rings. The van der Waals surface area contributed by atoms with E-state index in [1.54, 1.807) is 36.4 Å². The Morgan fingerprint density at radius 2 is 1.88 bits per heavy atom. The van der Waals surface area contributed by atoms with Gasteiger partial charge in [0.25, 0.3) is 5.91 Å². The van der Waals surface area contributed by atoms with Crippen LogP contribution >= 0.6 is 0 Å². The molecule has 1 aliphatic carbocycles. The molecule has 1 saturated carbocycles. The number of carbonyl (C=O) groups excluding carboxylic acids is 2. The minimum absolute atomic E-state index is 0.267. The third-order valence-electron chi connectivity index (χ3n) is 3.55. The molecule has 3 rings (SSSR count).